The van der Waals surface area contributed by atoms with Crippen molar-refractivity contribution in [3.8, 4) is 0 Å². The topological polar surface area (TPSA) is 51.7 Å². The number of hydrogen-bond acceptors (Lipinski definition) is 5. The van der Waals surface area contributed by atoms with E-state index >= 15 is 0 Å². The molecule has 0 bridgehead atoms. The summed E-state index contributed by atoms with van der Waals surface area (Å²) in [6.07, 6.45) is 5.24. The molecule has 0 aliphatic heterocycles. The lowest BCUT2D eigenvalue weighted by Gasteiger charge is -2.27. The fourth-order valence-corrected chi connectivity index (χ4v) is 4.88. The van der Waals surface area contributed by atoms with Crippen LogP contribution >= 0.6 is 11.6 Å². The first-order chi connectivity index (χ1) is 16.1. The van der Waals surface area contributed by atoms with Gasteiger partial charge in [0.25, 0.3) is 0 Å². The average molecular weight is 465 g/mol. The Balaban J connectivity index is 1.53. The van der Waals surface area contributed by atoms with E-state index in [9.17, 15) is 4.79 Å². The zero-order valence-corrected chi connectivity index (χ0v) is 19.8. The van der Waals surface area contributed by atoms with E-state index in [4.69, 9.17) is 26.1 Å². The van der Waals surface area contributed by atoms with Crippen LogP contribution in [0.1, 0.15) is 43.4 Å². The van der Waals surface area contributed by atoms with E-state index in [0.717, 1.165) is 51.4 Å². The number of carbonyl (C=O) groups is 1. The van der Waals surface area contributed by atoms with Crippen molar-refractivity contribution in [1.29, 1.82) is 0 Å². The Morgan fingerprint density at radius 3 is 2.70 bits per heavy atom. The highest BCUT2D eigenvalue weighted by molar-refractivity contribution is 6.36. The number of fused-ring (bicyclic) bond motifs is 1. The van der Waals surface area contributed by atoms with Crippen LogP contribution in [0.3, 0.4) is 0 Å². The molecule has 0 radical (unpaired) electrons. The van der Waals surface area contributed by atoms with Gasteiger partial charge in [-0.15, -0.1) is 0 Å². The molecule has 1 heterocycles. The molecule has 3 aromatic rings. The third kappa shape index (κ3) is 4.57. The molecular formula is C27H29ClN2O3. The quantitative estimate of drug-likeness (QED) is 0.350. The van der Waals surface area contributed by atoms with Gasteiger partial charge in [0, 0.05) is 52.3 Å². The summed E-state index contributed by atoms with van der Waals surface area (Å²) >= 11 is 6.50. The van der Waals surface area contributed by atoms with Crippen molar-refractivity contribution in [2.75, 3.05) is 25.2 Å². The van der Waals surface area contributed by atoms with Gasteiger partial charge >= 0.3 is 5.97 Å². The molecule has 0 saturated heterocycles. The minimum atomic E-state index is -0.125. The second-order valence-corrected chi connectivity index (χ2v) is 9.44. The van der Waals surface area contributed by atoms with Crippen molar-refractivity contribution < 1.29 is 14.3 Å². The second-order valence-electron chi connectivity index (χ2n) is 9.04. The van der Waals surface area contributed by atoms with Crippen LogP contribution in [-0.2, 0) is 20.9 Å². The average Bonchev–Trinajstić information content (AvgIpc) is 3.74. The number of anilines is 2. The summed E-state index contributed by atoms with van der Waals surface area (Å²) in [5.74, 6) is 0.569. The van der Waals surface area contributed by atoms with Gasteiger partial charge in [0.1, 0.15) is 0 Å². The molecule has 2 aliphatic carbocycles. The summed E-state index contributed by atoms with van der Waals surface area (Å²) in [4.78, 5) is 19.4. The Hall–Kier alpha value is -2.63. The molecule has 2 saturated carbocycles. The van der Waals surface area contributed by atoms with Gasteiger partial charge in [0.2, 0.25) is 0 Å². The monoisotopic (exact) mass is 464 g/mol. The summed E-state index contributed by atoms with van der Waals surface area (Å²) in [6, 6.07) is 14.5. The number of hydrogen-bond donors (Lipinski definition) is 0. The van der Waals surface area contributed by atoms with Crippen LogP contribution in [-0.4, -0.2) is 31.2 Å². The van der Waals surface area contributed by atoms with E-state index in [1.165, 1.54) is 12.8 Å². The molecule has 5 nitrogen and oxygen atoms in total. The second kappa shape index (κ2) is 9.32. The summed E-state index contributed by atoms with van der Waals surface area (Å²) in [6.45, 7) is 3.65. The van der Waals surface area contributed by atoms with Crippen LogP contribution in [0.2, 0.25) is 5.02 Å². The highest BCUT2D eigenvalue weighted by atomic mass is 35.5. The van der Waals surface area contributed by atoms with Gasteiger partial charge in [-0.3, -0.25) is 9.78 Å². The van der Waals surface area contributed by atoms with Crippen LogP contribution in [0.4, 0.5) is 11.4 Å². The molecule has 1 aromatic heterocycles. The van der Waals surface area contributed by atoms with Crippen molar-refractivity contribution >= 4 is 39.7 Å². The molecule has 2 aromatic carbocycles. The lowest BCUT2D eigenvalue weighted by molar-refractivity contribution is -0.144. The van der Waals surface area contributed by atoms with E-state index in [2.05, 4.69) is 35.2 Å². The van der Waals surface area contributed by atoms with E-state index < -0.39 is 0 Å². The number of halogens is 1. The highest BCUT2D eigenvalue weighted by Gasteiger charge is 2.47. The molecule has 2 atom stereocenters. The number of aromatic nitrogens is 1. The van der Waals surface area contributed by atoms with E-state index in [-0.39, 0.29) is 17.8 Å². The van der Waals surface area contributed by atoms with Gasteiger partial charge in [0.05, 0.1) is 31.0 Å². The maximum Gasteiger partial charge on any atom is 0.309 e. The van der Waals surface area contributed by atoms with Crippen molar-refractivity contribution in [2.24, 2.45) is 11.8 Å². The van der Waals surface area contributed by atoms with Gasteiger partial charge in [-0.05, 0) is 50.3 Å². The number of ether oxygens (including phenoxy) is 2. The summed E-state index contributed by atoms with van der Waals surface area (Å²) in [5, 5.41) is 2.94. The number of methoxy groups -OCH3 is 1. The van der Waals surface area contributed by atoms with Crippen molar-refractivity contribution in [3.63, 3.8) is 0 Å². The lowest BCUT2D eigenvalue weighted by atomic mass is 10.1. The smallest absolute Gasteiger partial charge is 0.309 e. The zero-order chi connectivity index (χ0) is 22.9. The number of esters is 1. The molecular weight excluding hydrogens is 436 g/mol. The number of nitrogens with zero attached hydrogens (tertiary/aromatic N) is 2. The molecule has 2 fully saturated rings. The number of carbonyl (C=O) groups excluding carboxylic acids is 1. The Morgan fingerprint density at radius 2 is 1.97 bits per heavy atom. The van der Waals surface area contributed by atoms with Crippen molar-refractivity contribution in [3.05, 3.63) is 64.9 Å². The van der Waals surface area contributed by atoms with Crippen LogP contribution in [0.5, 0.6) is 0 Å². The van der Waals surface area contributed by atoms with Crippen LogP contribution < -0.4 is 4.90 Å². The van der Waals surface area contributed by atoms with Gasteiger partial charge in [-0.25, -0.2) is 0 Å². The van der Waals surface area contributed by atoms with E-state index in [1.807, 2.05) is 25.3 Å². The number of benzene rings is 2. The van der Waals surface area contributed by atoms with Crippen LogP contribution in [0.15, 0.2) is 48.7 Å². The predicted molar refractivity (Wildman–Crippen MR) is 131 cm³/mol. The first-order valence-corrected chi connectivity index (χ1v) is 12.1. The SMILES string of the molecule is CCOC(=O)C1CC1c1ncc(N(CC2CC2)c2ccc(Cl)c3ccccc23)cc1COC. The Labute approximate surface area is 199 Å². The molecule has 6 heteroatoms. The molecule has 0 N–H and O–H groups in total. The maximum absolute atomic E-state index is 12.2. The predicted octanol–water partition coefficient (Wildman–Crippen LogP) is 6.25. The summed E-state index contributed by atoms with van der Waals surface area (Å²) in [7, 11) is 1.70. The minimum Gasteiger partial charge on any atom is -0.466 e. The molecule has 172 valence electrons. The zero-order valence-electron chi connectivity index (χ0n) is 19.1. The standard InChI is InChI=1S/C27H29ClN2O3/c1-3-33-27(31)23-13-22(23)26-18(16-32-2)12-19(14-29-26)30(15-17-8-9-17)25-11-10-24(28)20-6-4-5-7-21(20)25/h4-7,10-12,14,17,22-23H,3,8-9,13,15-16H2,1-2H3. The van der Waals surface area contributed by atoms with E-state index in [0.29, 0.717) is 19.1 Å². The van der Waals surface area contributed by atoms with Gasteiger partial charge < -0.3 is 14.4 Å². The summed E-state index contributed by atoms with van der Waals surface area (Å²) in [5.41, 5.74) is 4.16. The largest absolute Gasteiger partial charge is 0.466 e. The third-order valence-corrected chi connectivity index (χ3v) is 6.94. The molecule has 0 spiro atoms. The Kier molecular flexibility index (Phi) is 6.26. The normalized spacial score (nSPS) is 19.5. The Morgan fingerprint density at radius 1 is 1.18 bits per heavy atom. The van der Waals surface area contributed by atoms with Gasteiger partial charge in [-0.2, -0.15) is 0 Å². The molecule has 0 amide bonds. The number of rotatable bonds is 9. The summed E-state index contributed by atoms with van der Waals surface area (Å²) < 4.78 is 10.7. The highest BCUT2D eigenvalue weighted by Crippen LogP contribution is 2.49. The molecule has 2 unspecified atom stereocenters. The molecule has 33 heavy (non-hydrogen) atoms. The molecule has 5 rings (SSSR count). The van der Waals surface area contributed by atoms with Crippen LogP contribution in [0.25, 0.3) is 10.8 Å². The maximum atomic E-state index is 12.2. The minimum absolute atomic E-state index is 0.0957. The van der Waals surface area contributed by atoms with E-state index in [1.54, 1.807) is 7.11 Å². The number of pyridine rings is 1. The first-order valence-electron chi connectivity index (χ1n) is 11.7. The van der Waals surface area contributed by atoms with Gasteiger partial charge in [0.15, 0.2) is 0 Å². The van der Waals surface area contributed by atoms with Gasteiger partial charge in [-0.1, -0.05) is 35.9 Å². The van der Waals surface area contributed by atoms with Crippen molar-refractivity contribution in [1.82, 2.24) is 4.98 Å². The first kappa shape index (κ1) is 22.2. The lowest BCUT2D eigenvalue weighted by Crippen LogP contribution is -2.21. The fraction of sp³-hybridized carbons (Fsp3) is 0.407. The molecule has 2 aliphatic rings. The van der Waals surface area contributed by atoms with Crippen molar-refractivity contribution in [2.45, 2.75) is 38.7 Å². The fourth-order valence-electron chi connectivity index (χ4n) is 4.65. The van der Waals surface area contributed by atoms with Crippen LogP contribution in [0, 0.1) is 11.8 Å². The third-order valence-electron chi connectivity index (χ3n) is 6.61. The Bertz CT molecular complexity index is 1180.